The molecule has 154 valence electrons. The summed E-state index contributed by atoms with van der Waals surface area (Å²) in [5, 5.41) is 7.35. The molecule has 1 saturated heterocycles. The van der Waals surface area contributed by atoms with Gasteiger partial charge in [0.2, 0.25) is 5.91 Å². The molecule has 3 aromatic rings. The van der Waals surface area contributed by atoms with E-state index in [1.54, 1.807) is 42.6 Å². The van der Waals surface area contributed by atoms with Crippen LogP contribution in [0, 0.1) is 0 Å². The second-order valence-corrected chi connectivity index (χ2v) is 9.78. The Hall–Kier alpha value is -2.46. The number of imide groups is 1. The summed E-state index contributed by atoms with van der Waals surface area (Å²) in [7, 11) is 0. The van der Waals surface area contributed by atoms with Crippen molar-refractivity contribution in [1.82, 2.24) is 15.2 Å². The summed E-state index contributed by atoms with van der Waals surface area (Å²) in [6.45, 7) is 1.19. The largest absolute Gasteiger partial charge is 0.325 e. The Balaban J connectivity index is 1.45. The van der Waals surface area contributed by atoms with E-state index < -0.39 is 29.9 Å². The van der Waals surface area contributed by atoms with Crippen molar-refractivity contribution in [2.24, 2.45) is 0 Å². The molecule has 1 atom stereocenters. The Morgan fingerprint density at radius 1 is 1.27 bits per heavy atom. The summed E-state index contributed by atoms with van der Waals surface area (Å²) < 4.78 is 1.04. The number of amides is 4. The topological polar surface area (TPSA) is 91.4 Å². The van der Waals surface area contributed by atoms with Gasteiger partial charge in [-0.15, -0.1) is 22.7 Å². The van der Waals surface area contributed by atoms with Crippen LogP contribution in [0.5, 0.6) is 0 Å². The van der Waals surface area contributed by atoms with E-state index in [1.165, 1.54) is 22.7 Å². The minimum absolute atomic E-state index is 0.325. The van der Waals surface area contributed by atoms with Crippen molar-refractivity contribution in [3.63, 3.8) is 0 Å². The normalized spacial score (nSPS) is 18.6. The Bertz CT molecular complexity index is 1150. The van der Waals surface area contributed by atoms with E-state index >= 15 is 0 Å². The van der Waals surface area contributed by atoms with Crippen LogP contribution in [0.2, 0.25) is 8.67 Å². The maximum atomic E-state index is 12.9. The highest BCUT2D eigenvalue weighted by molar-refractivity contribution is 7.20. The number of aromatic nitrogens is 1. The van der Waals surface area contributed by atoms with Crippen molar-refractivity contribution in [2.75, 3.05) is 11.9 Å². The second-order valence-electron chi connectivity index (χ2n) is 6.64. The van der Waals surface area contributed by atoms with Crippen LogP contribution in [-0.4, -0.2) is 34.3 Å². The fourth-order valence-corrected chi connectivity index (χ4v) is 5.29. The maximum Gasteiger partial charge on any atom is 0.325 e. The number of thiophene rings is 1. The van der Waals surface area contributed by atoms with Crippen LogP contribution in [0.25, 0.3) is 11.3 Å². The van der Waals surface area contributed by atoms with E-state index in [0.717, 1.165) is 4.90 Å². The summed E-state index contributed by atoms with van der Waals surface area (Å²) >= 11 is 14.5. The zero-order valence-corrected chi connectivity index (χ0v) is 18.6. The van der Waals surface area contributed by atoms with Crippen LogP contribution in [0.4, 0.5) is 9.93 Å². The fourth-order valence-electron chi connectivity index (χ4n) is 3.08. The van der Waals surface area contributed by atoms with Gasteiger partial charge < -0.3 is 10.6 Å². The molecule has 0 spiro atoms. The third kappa shape index (κ3) is 3.81. The van der Waals surface area contributed by atoms with E-state index in [9.17, 15) is 14.4 Å². The maximum absolute atomic E-state index is 12.9. The molecule has 0 radical (unpaired) electrons. The first-order valence-electron chi connectivity index (χ1n) is 8.68. The predicted octanol–water partition coefficient (Wildman–Crippen LogP) is 4.58. The average Bonchev–Trinajstić information content (AvgIpc) is 3.36. The van der Waals surface area contributed by atoms with Gasteiger partial charge in [-0.05, 0) is 18.6 Å². The van der Waals surface area contributed by atoms with E-state index in [2.05, 4.69) is 15.6 Å². The predicted molar refractivity (Wildman–Crippen MR) is 118 cm³/mol. The third-order valence-corrected chi connectivity index (χ3v) is 6.86. The number of urea groups is 1. The van der Waals surface area contributed by atoms with Crippen LogP contribution in [0.15, 0.2) is 41.8 Å². The van der Waals surface area contributed by atoms with Gasteiger partial charge in [-0.3, -0.25) is 14.5 Å². The fraction of sp³-hybridized carbons (Fsp3) is 0.158. The Morgan fingerprint density at radius 2 is 2.00 bits per heavy atom. The molecule has 2 aromatic heterocycles. The number of thiazole rings is 1. The zero-order valence-electron chi connectivity index (χ0n) is 15.4. The van der Waals surface area contributed by atoms with Gasteiger partial charge in [-0.25, -0.2) is 9.78 Å². The first kappa shape index (κ1) is 20.8. The molecular formula is C19H14Cl2N4O3S2. The van der Waals surface area contributed by atoms with Gasteiger partial charge in [0.25, 0.3) is 5.91 Å². The van der Waals surface area contributed by atoms with Gasteiger partial charge in [-0.1, -0.05) is 53.5 Å². The summed E-state index contributed by atoms with van der Waals surface area (Å²) in [5.74, 6) is -1.03. The molecule has 0 aliphatic carbocycles. The van der Waals surface area contributed by atoms with Crippen molar-refractivity contribution >= 4 is 68.9 Å². The van der Waals surface area contributed by atoms with Gasteiger partial charge in [0.15, 0.2) is 5.13 Å². The monoisotopic (exact) mass is 480 g/mol. The molecule has 30 heavy (non-hydrogen) atoms. The number of carbonyl (C=O) groups is 3. The molecule has 11 heteroatoms. The molecular weight excluding hydrogens is 467 g/mol. The summed E-state index contributed by atoms with van der Waals surface area (Å²) in [6.07, 6.45) is 0. The summed E-state index contributed by atoms with van der Waals surface area (Å²) in [6, 6.07) is 9.96. The minimum atomic E-state index is -1.22. The highest BCUT2D eigenvalue weighted by atomic mass is 35.5. The van der Waals surface area contributed by atoms with Gasteiger partial charge in [-0.2, -0.15) is 0 Å². The van der Waals surface area contributed by atoms with Gasteiger partial charge in [0.05, 0.1) is 10.0 Å². The standard InChI is InChI=1S/C19H14Cl2N4O3S2/c1-19(10-5-3-2-4-6-10)16(27)25(18(28)24-19)8-14(26)23-17-22-12(9-29-17)11-7-13(20)30-15(11)21/h2-7,9H,8H2,1H3,(H,24,28)(H,22,23,26). The zero-order chi connectivity index (χ0) is 21.5. The van der Waals surface area contributed by atoms with Crippen molar-refractivity contribution in [1.29, 1.82) is 0 Å². The Morgan fingerprint density at radius 3 is 2.67 bits per heavy atom. The molecule has 4 rings (SSSR count). The summed E-state index contributed by atoms with van der Waals surface area (Å²) in [5.41, 5.74) is 0.676. The molecule has 1 aliphatic heterocycles. The number of nitrogens with one attached hydrogen (secondary N) is 2. The number of anilines is 1. The molecule has 3 heterocycles. The summed E-state index contributed by atoms with van der Waals surface area (Å²) in [4.78, 5) is 42.9. The number of carbonyl (C=O) groups excluding carboxylic acids is 3. The van der Waals surface area contributed by atoms with Crippen molar-refractivity contribution < 1.29 is 14.4 Å². The van der Waals surface area contributed by atoms with E-state index in [-0.39, 0.29) is 0 Å². The van der Waals surface area contributed by atoms with Gasteiger partial charge in [0.1, 0.15) is 16.4 Å². The lowest BCUT2D eigenvalue weighted by Crippen LogP contribution is -2.42. The molecule has 0 bridgehead atoms. The molecule has 1 fully saturated rings. The number of benzene rings is 1. The number of hydrogen-bond acceptors (Lipinski definition) is 6. The van der Waals surface area contributed by atoms with E-state index in [1.807, 2.05) is 6.07 Å². The molecule has 0 saturated carbocycles. The van der Waals surface area contributed by atoms with E-state index in [0.29, 0.717) is 30.6 Å². The van der Waals surface area contributed by atoms with Crippen LogP contribution < -0.4 is 10.6 Å². The molecule has 4 amide bonds. The van der Waals surface area contributed by atoms with Crippen molar-refractivity contribution in [2.45, 2.75) is 12.5 Å². The molecule has 2 N–H and O–H groups in total. The van der Waals surface area contributed by atoms with Crippen LogP contribution in [0.1, 0.15) is 12.5 Å². The lowest BCUT2D eigenvalue weighted by atomic mass is 9.92. The van der Waals surface area contributed by atoms with Crippen LogP contribution in [-0.2, 0) is 15.1 Å². The molecule has 7 nitrogen and oxygen atoms in total. The molecule has 1 aliphatic rings. The minimum Gasteiger partial charge on any atom is -0.319 e. The molecule has 1 unspecified atom stereocenters. The Kier molecular flexibility index (Phi) is 5.54. The van der Waals surface area contributed by atoms with E-state index in [4.69, 9.17) is 23.2 Å². The highest BCUT2D eigenvalue weighted by Crippen LogP contribution is 2.39. The van der Waals surface area contributed by atoms with Gasteiger partial charge in [0, 0.05) is 10.9 Å². The van der Waals surface area contributed by atoms with Crippen LogP contribution in [0.3, 0.4) is 0 Å². The first-order valence-corrected chi connectivity index (χ1v) is 11.1. The number of hydrogen-bond donors (Lipinski definition) is 2. The lowest BCUT2D eigenvalue weighted by Gasteiger charge is -2.21. The van der Waals surface area contributed by atoms with Crippen molar-refractivity contribution in [3.8, 4) is 11.3 Å². The first-order chi connectivity index (χ1) is 14.3. The average molecular weight is 481 g/mol. The highest BCUT2D eigenvalue weighted by Gasteiger charge is 2.49. The Labute approximate surface area is 189 Å². The van der Waals surface area contributed by atoms with Crippen LogP contribution >= 0.6 is 45.9 Å². The lowest BCUT2D eigenvalue weighted by molar-refractivity contribution is -0.133. The number of nitrogens with zero attached hydrogens (tertiary/aromatic N) is 2. The smallest absolute Gasteiger partial charge is 0.319 e. The SMILES string of the molecule is CC1(c2ccccc2)NC(=O)N(CC(=O)Nc2nc(-c3cc(Cl)sc3Cl)cs2)C1=O. The number of rotatable bonds is 5. The molecule has 1 aromatic carbocycles. The van der Waals surface area contributed by atoms with Crippen molar-refractivity contribution in [3.05, 3.63) is 56.0 Å². The third-order valence-electron chi connectivity index (χ3n) is 4.61. The van der Waals surface area contributed by atoms with Gasteiger partial charge >= 0.3 is 6.03 Å². The quantitative estimate of drug-likeness (QED) is 0.522. The second kappa shape index (κ2) is 7.99. The number of halogens is 2.